The molecule has 4 rings (SSSR count). The van der Waals surface area contributed by atoms with Crippen LogP contribution in [-0.4, -0.2) is 61.0 Å². The first-order chi connectivity index (χ1) is 11.7. The molecule has 1 aromatic heterocycles. The maximum absolute atomic E-state index is 13.1. The van der Waals surface area contributed by atoms with Crippen molar-refractivity contribution in [3.63, 3.8) is 0 Å². The summed E-state index contributed by atoms with van der Waals surface area (Å²) >= 11 is 1.54. The molecule has 1 atom stereocenters. The first-order valence-electron chi connectivity index (χ1n) is 8.88. The van der Waals surface area contributed by atoms with Crippen LogP contribution >= 0.6 is 11.3 Å². The molecule has 2 amide bonds. The van der Waals surface area contributed by atoms with Gasteiger partial charge in [0.25, 0.3) is 5.91 Å². The number of carbonyl (C=O) groups excluding carboxylic acids is 2. The lowest BCUT2D eigenvalue weighted by molar-refractivity contribution is -0.139. The van der Waals surface area contributed by atoms with Crippen molar-refractivity contribution in [1.29, 1.82) is 0 Å². The van der Waals surface area contributed by atoms with Gasteiger partial charge in [0.15, 0.2) is 0 Å². The van der Waals surface area contributed by atoms with E-state index in [9.17, 15) is 9.59 Å². The Bertz CT molecular complexity index is 604. The van der Waals surface area contributed by atoms with E-state index < -0.39 is 0 Å². The predicted molar refractivity (Wildman–Crippen MR) is 92.0 cm³/mol. The zero-order valence-corrected chi connectivity index (χ0v) is 14.7. The minimum atomic E-state index is -0.0936. The van der Waals surface area contributed by atoms with E-state index in [0.29, 0.717) is 26.3 Å². The van der Waals surface area contributed by atoms with Crippen molar-refractivity contribution >= 4 is 23.2 Å². The highest BCUT2D eigenvalue weighted by Gasteiger charge is 2.52. The van der Waals surface area contributed by atoms with Crippen LogP contribution in [0.5, 0.6) is 0 Å². The minimum Gasteiger partial charge on any atom is -0.381 e. The lowest BCUT2D eigenvalue weighted by Crippen LogP contribution is -2.45. The summed E-state index contributed by atoms with van der Waals surface area (Å²) in [5.74, 6) is 0.260. The van der Waals surface area contributed by atoms with E-state index in [1.807, 2.05) is 26.6 Å². The van der Waals surface area contributed by atoms with Gasteiger partial charge in [0.2, 0.25) is 5.91 Å². The van der Waals surface area contributed by atoms with Gasteiger partial charge in [0.05, 0.1) is 11.5 Å². The molecular formula is C18H24N2O3S. The largest absolute Gasteiger partial charge is 0.381 e. The van der Waals surface area contributed by atoms with E-state index >= 15 is 0 Å². The van der Waals surface area contributed by atoms with Gasteiger partial charge in [-0.25, -0.2) is 0 Å². The summed E-state index contributed by atoms with van der Waals surface area (Å²) < 4.78 is 5.55. The van der Waals surface area contributed by atoms with Gasteiger partial charge in [0.1, 0.15) is 0 Å². The van der Waals surface area contributed by atoms with Gasteiger partial charge in [-0.05, 0) is 37.1 Å². The maximum Gasteiger partial charge on any atom is 0.254 e. The molecule has 0 unspecified atom stereocenters. The first kappa shape index (κ1) is 16.1. The second-order valence-electron chi connectivity index (χ2n) is 7.26. The Morgan fingerprint density at radius 3 is 2.58 bits per heavy atom. The van der Waals surface area contributed by atoms with Crippen molar-refractivity contribution in [3.05, 3.63) is 22.4 Å². The Balaban J connectivity index is 1.58. The van der Waals surface area contributed by atoms with Crippen molar-refractivity contribution in [3.8, 4) is 0 Å². The average Bonchev–Trinajstić information content (AvgIpc) is 3.35. The van der Waals surface area contributed by atoms with Crippen LogP contribution in [0.25, 0.3) is 0 Å². The number of thiophene rings is 1. The van der Waals surface area contributed by atoms with Crippen molar-refractivity contribution in [2.24, 2.45) is 11.3 Å². The highest BCUT2D eigenvalue weighted by Crippen LogP contribution is 2.45. The van der Waals surface area contributed by atoms with Crippen LogP contribution in [0.15, 0.2) is 16.8 Å². The molecule has 3 fully saturated rings. The Morgan fingerprint density at radius 2 is 1.92 bits per heavy atom. The van der Waals surface area contributed by atoms with E-state index in [1.165, 1.54) is 11.3 Å². The van der Waals surface area contributed by atoms with Gasteiger partial charge in [-0.3, -0.25) is 9.59 Å². The Labute approximate surface area is 146 Å². The third-order valence-corrected chi connectivity index (χ3v) is 6.59. The molecule has 4 heterocycles. The van der Waals surface area contributed by atoms with Gasteiger partial charge in [0, 0.05) is 50.2 Å². The minimum absolute atomic E-state index is 0.0675. The third kappa shape index (κ3) is 2.75. The molecule has 5 nitrogen and oxygen atoms in total. The molecule has 0 radical (unpaired) electrons. The predicted octanol–water partition coefficient (Wildman–Crippen LogP) is 2.24. The lowest BCUT2D eigenvalue weighted by atomic mass is 9.71. The van der Waals surface area contributed by atoms with Crippen molar-refractivity contribution in [2.75, 3.05) is 39.4 Å². The molecule has 6 heteroatoms. The number of amides is 2. The lowest BCUT2D eigenvalue weighted by Gasteiger charge is -2.38. The van der Waals surface area contributed by atoms with E-state index in [4.69, 9.17) is 4.74 Å². The second kappa shape index (κ2) is 6.48. The zero-order chi connectivity index (χ0) is 16.6. The van der Waals surface area contributed by atoms with Crippen LogP contribution in [0.3, 0.4) is 0 Å². The SMILES string of the molecule is O=C(c1ccsc1)N1C[C@@H](C(=O)N2CCCC2)C2(CCOCC2)C1. The van der Waals surface area contributed by atoms with Crippen molar-refractivity contribution < 1.29 is 14.3 Å². The molecule has 3 aliphatic rings. The van der Waals surface area contributed by atoms with Gasteiger partial charge >= 0.3 is 0 Å². The van der Waals surface area contributed by atoms with Gasteiger partial charge < -0.3 is 14.5 Å². The van der Waals surface area contributed by atoms with E-state index in [2.05, 4.69) is 0 Å². The van der Waals surface area contributed by atoms with Crippen LogP contribution in [0, 0.1) is 11.3 Å². The maximum atomic E-state index is 13.1. The number of likely N-dealkylation sites (tertiary alicyclic amines) is 2. The van der Waals surface area contributed by atoms with Crippen molar-refractivity contribution in [1.82, 2.24) is 9.80 Å². The molecule has 1 spiro atoms. The third-order valence-electron chi connectivity index (χ3n) is 5.91. The molecule has 0 N–H and O–H groups in total. The summed E-state index contributed by atoms with van der Waals surface area (Å²) in [6, 6.07) is 1.87. The molecule has 0 aliphatic carbocycles. The molecule has 24 heavy (non-hydrogen) atoms. The summed E-state index contributed by atoms with van der Waals surface area (Å²) in [5.41, 5.74) is 0.653. The normalized spacial score (nSPS) is 26.2. The quantitative estimate of drug-likeness (QED) is 0.824. The molecule has 0 aromatic carbocycles. The van der Waals surface area contributed by atoms with Crippen LogP contribution in [-0.2, 0) is 9.53 Å². The molecule has 130 valence electrons. The fourth-order valence-corrected chi connectivity index (χ4v) is 5.10. The molecule has 0 saturated carbocycles. The monoisotopic (exact) mass is 348 g/mol. The Hall–Kier alpha value is -1.40. The topological polar surface area (TPSA) is 49.9 Å². The summed E-state index contributed by atoms with van der Waals surface area (Å²) in [6.45, 7) is 4.40. The molecular weight excluding hydrogens is 324 g/mol. The zero-order valence-electron chi connectivity index (χ0n) is 13.9. The highest BCUT2D eigenvalue weighted by molar-refractivity contribution is 7.08. The summed E-state index contributed by atoms with van der Waals surface area (Å²) in [4.78, 5) is 29.8. The number of carbonyl (C=O) groups is 2. The second-order valence-corrected chi connectivity index (χ2v) is 8.04. The number of rotatable bonds is 2. The van der Waals surface area contributed by atoms with Gasteiger partial charge in [-0.2, -0.15) is 11.3 Å². The summed E-state index contributed by atoms with van der Waals surface area (Å²) in [6.07, 6.45) is 3.97. The molecule has 0 bridgehead atoms. The summed E-state index contributed by atoms with van der Waals surface area (Å²) in [5, 5.41) is 3.83. The van der Waals surface area contributed by atoms with Crippen LogP contribution in [0.2, 0.25) is 0 Å². The van der Waals surface area contributed by atoms with Crippen molar-refractivity contribution in [2.45, 2.75) is 25.7 Å². The molecule has 1 aromatic rings. The highest BCUT2D eigenvalue weighted by atomic mass is 32.1. The molecule has 3 aliphatic heterocycles. The number of hydrogen-bond donors (Lipinski definition) is 0. The number of nitrogens with zero attached hydrogens (tertiary/aromatic N) is 2. The van der Waals surface area contributed by atoms with E-state index in [1.54, 1.807) is 0 Å². The van der Waals surface area contributed by atoms with E-state index in [0.717, 1.165) is 44.3 Å². The number of hydrogen-bond acceptors (Lipinski definition) is 4. The Morgan fingerprint density at radius 1 is 1.17 bits per heavy atom. The van der Waals surface area contributed by atoms with Crippen LogP contribution < -0.4 is 0 Å². The van der Waals surface area contributed by atoms with Crippen LogP contribution in [0.1, 0.15) is 36.0 Å². The van der Waals surface area contributed by atoms with E-state index in [-0.39, 0.29) is 23.1 Å². The smallest absolute Gasteiger partial charge is 0.254 e. The number of ether oxygens (including phenoxy) is 1. The Kier molecular flexibility index (Phi) is 4.35. The fraction of sp³-hybridized carbons (Fsp3) is 0.667. The fourth-order valence-electron chi connectivity index (χ4n) is 4.47. The average molecular weight is 348 g/mol. The first-order valence-corrected chi connectivity index (χ1v) is 9.82. The summed E-state index contributed by atoms with van der Waals surface area (Å²) in [7, 11) is 0. The van der Waals surface area contributed by atoms with Gasteiger partial charge in [-0.15, -0.1) is 0 Å². The standard InChI is InChI=1S/C18H24N2O3S/c21-16(14-3-10-24-12-14)20-11-15(17(22)19-6-1-2-7-19)18(13-20)4-8-23-9-5-18/h3,10,12,15H,1-2,4-9,11,13H2/t15-/m0/s1. The van der Waals surface area contributed by atoms with Crippen LogP contribution in [0.4, 0.5) is 0 Å². The van der Waals surface area contributed by atoms with Gasteiger partial charge in [-0.1, -0.05) is 0 Å². The molecule has 3 saturated heterocycles.